The zero-order valence-electron chi connectivity index (χ0n) is 18.5. The van der Waals surface area contributed by atoms with Crippen LogP contribution in [0.2, 0.25) is 0 Å². The summed E-state index contributed by atoms with van der Waals surface area (Å²) in [5.41, 5.74) is 3.70. The third kappa shape index (κ3) is 4.20. The zero-order chi connectivity index (χ0) is 23.7. The molecular formula is C25H24F2N4O3. The van der Waals surface area contributed by atoms with Gasteiger partial charge in [-0.25, -0.2) is 9.50 Å². The molecule has 0 saturated carbocycles. The normalized spacial score (nSPS) is 17.7. The summed E-state index contributed by atoms with van der Waals surface area (Å²) in [6.07, 6.45) is 0.0766. The van der Waals surface area contributed by atoms with Crippen LogP contribution >= 0.6 is 0 Å². The van der Waals surface area contributed by atoms with Gasteiger partial charge in [-0.1, -0.05) is 25.1 Å². The average Bonchev–Trinajstić information content (AvgIpc) is 3.23. The number of aliphatic hydroxyl groups is 1. The van der Waals surface area contributed by atoms with Gasteiger partial charge in [0.15, 0.2) is 5.65 Å². The fraction of sp³-hybridized carbons (Fsp3) is 0.280. The first-order chi connectivity index (χ1) is 16.5. The number of ether oxygens (including phenoxy) is 2. The van der Waals surface area contributed by atoms with E-state index >= 15 is 0 Å². The Morgan fingerprint density at radius 1 is 1.12 bits per heavy atom. The van der Waals surface area contributed by atoms with E-state index in [-0.39, 0.29) is 12.3 Å². The molecule has 2 aromatic heterocycles. The van der Waals surface area contributed by atoms with Crippen LogP contribution in [0.4, 0.5) is 8.78 Å². The van der Waals surface area contributed by atoms with E-state index in [0.29, 0.717) is 34.9 Å². The van der Waals surface area contributed by atoms with Crippen molar-refractivity contribution >= 4 is 5.65 Å². The fourth-order valence-corrected chi connectivity index (χ4v) is 4.18. The maximum absolute atomic E-state index is 13.0. The van der Waals surface area contributed by atoms with Crippen molar-refractivity contribution in [3.05, 3.63) is 77.6 Å². The summed E-state index contributed by atoms with van der Waals surface area (Å²) < 4.78 is 38.1. The highest BCUT2D eigenvalue weighted by molar-refractivity contribution is 5.62. The number of alkyl halides is 2. The second-order valence-corrected chi connectivity index (χ2v) is 8.02. The number of imidazole rings is 1. The molecule has 5 rings (SSSR count). The van der Waals surface area contributed by atoms with Gasteiger partial charge in [-0.3, -0.25) is 0 Å². The van der Waals surface area contributed by atoms with Crippen molar-refractivity contribution in [1.82, 2.24) is 19.9 Å². The van der Waals surface area contributed by atoms with Crippen LogP contribution in [0.5, 0.6) is 11.5 Å². The number of nitrogens with one attached hydrogen (secondary N) is 1. The Balaban J connectivity index is 1.58. The Kier molecular flexibility index (Phi) is 6.12. The number of aromatic nitrogens is 3. The van der Waals surface area contributed by atoms with E-state index in [0.717, 1.165) is 17.7 Å². The summed E-state index contributed by atoms with van der Waals surface area (Å²) in [7, 11) is 0. The van der Waals surface area contributed by atoms with E-state index in [1.807, 2.05) is 36.4 Å². The number of halogens is 2. The molecule has 2 atom stereocenters. The van der Waals surface area contributed by atoms with Crippen molar-refractivity contribution in [3.63, 3.8) is 0 Å². The lowest BCUT2D eigenvalue weighted by Crippen LogP contribution is -2.35. The molecule has 0 radical (unpaired) electrons. The lowest BCUT2D eigenvalue weighted by molar-refractivity contribution is -0.0507. The van der Waals surface area contributed by atoms with Gasteiger partial charge in [-0.15, -0.1) is 0 Å². The topological polar surface area (TPSA) is 80.9 Å². The van der Waals surface area contributed by atoms with E-state index in [1.54, 1.807) is 22.7 Å². The molecule has 0 fully saturated rings. The number of hydrogen-bond acceptors (Lipinski definition) is 6. The second-order valence-electron chi connectivity index (χ2n) is 8.02. The summed E-state index contributed by atoms with van der Waals surface area (Å²) >= 11 is 0. The van der Waals surface area contributed by atoms with E-state index in [1.165, 1.54) is 6.07 Å². The van der Waals surface area contributed by atoms with Crippen LogP contribution < -0.4 is 14.8 Å². The van der Waals surface area contributed by atoms with Gasteiger partial charge in [0.2, 0.25) is 0 Å². The minimum atomic E-state index is -2.95. The molecule has 0 bridgehead atoms. The van der Waals surface area contributed by atoms with Gasteiger partial charge >= 0.3 is 6.61 Å². The third-order valence-electron chi connectivity index (χ3n) is 5.71. The van der Waals surface area contributed by atoms with Crippen LogP contribution in [0, 0.1) is 0 Å². The number of β-amino-alcohol motifs (C(OH)–C–C–N with tert-alkyl or cyclic N) is 1. The molecule has 0 spiro atoms. The quantitative estimate of drug-likeness (QED) is 0.417. The van der Waals surface area contributed by atoms with Crippen molar-refractivity contribution in [2.75, 3.05) is 13.2 Å². The monoisotopic (exact) mass is 466 g/mol. The summed E-state index contributed by atoms with van der Waals surface area (Å²) in [5, 5.41) is 18.6. The number of nitrogens with zero attached hydrogens (tertiary/aromatic N) is 3. The largest absolute Gasteiger partial charge is 0.494 e. The second kappa shape index (κ2) is 9.36. The van der Waals surface area contributed by atoms with Crippen molar-refractivity contribution in [2.45, 2.75) is 32.1 Å². The van der Waals surface area contributed by atoms with Gasteiger partial charge in [-0.05, 0) is 48.9 Å². The smallest absolute Gasteiger partial charge is 0.387 e. The van der Waals surface area contributed by atoms with Gasteiger partial charge < -0.3 is 19.9 Å². The van der Waals surface area contributed by atoms with Crippen molar-refractivity contribution in [2.24, 2.45) is 0 Å². The van der Waals surface area contributed by atoms with Crippen LogP contribution in [0.25, 0.3) is 16.9 Å². The minimum Gasteiger partial charge on any atom is -0.494 e. The summed E-state index contributed by atoms with van der Waals surface area (Å²) in [6, 6.07) is 17.4. The van der Waals surface area contributed by atoms with E-state index in [9.17, 15) is 13.9 Å². The molecule has 4 aromatic rings. The maximum Gasteiger partial charge on any atom is 0.387 e. The van der Waals surface area contributed by atoms with Crippen LogP contribution in [-0.4, -0.2) is 39.5 Å². The van der Waals surface area contributed by atoms with Crippen LogP contribution in [-0.2, 0) is 0 Å². The first-order valence-corrected chi connectivity index (χ1v) is 11.1. The molecule has 176 valence electrons. The molecule has 2 aromatic carbocycles. The van der Waals surface area contributed by atoms with Gasteiger partial charge in [0.1, 0.15) is 17.6 Å². The predicted octanol–water partition coefficient (Wildman–Crippen LogP) is 4.51. The molecule has 0 aliphatic carbocycles. The molecule has 0 saturated heterocycles. The maximum atomic E-state index is 13.0. The van der Waals surface area contributed by atoms with Crippen molar-refractivity contribution in [3.8, 4) is 22.8 Å². The number of aliphatic hydroxyl groups excluding tert-OH is 1. The molecule has 1 aliphatic rings. The summed E-state index contributed by atoms with van der Waals surface area (Å²) in [6.45, 7) is -0.0309. The Labute approximate surface area is 195 Å². The molecule has 3 heterocycles. The Morgan fingerprint density at radius 3 is 2.68 bits per heavy atom. The van der Waals surface area contributed by atoms with Crippen molar-refractivity contribution < 1.29 is 23.4 Å². The Morgan fingerprint density at radius 2 is 1.91 bits per heavy atom. The first-order valence-electron chi connectivity index (χ1n) is 11.1. The minimum absolute atomic E-state index is 0.0612. The highest BCUT2D eigenvalue weighted by Crippen LogP contribution is 2.37. The SMILES string of the molecule is CCCOc1ccc(-c2ccc3nc4c(n3n2)[C@@H](c2ccccc2OC(F)F)NC[C@H]4O)cc1. The van der Waals surface area contributed by atoms with Crippen LogP contribution in [0.1, 0.15) is 42.4 Å². The fourth-order valence-electron chi connectivity index (χ4n) is 4.18. The standard InChI is InChI=1S/C25H24F2N4O3/c1-2-13-33-16-9-7-15(8-10-16)18-11-12-21-29-23-19(32)14-28-22(24(23)31(21)30-18)17-5-3-4-6-20(17)34-25(26)27/h3-12,19,22,25,28,32H,2,13-14H2,1H3/t19-,22-/m1/s1. The number of fused-ring (bicyclic) bond motifs is 3. The number of rotatable bonds is 7. The molecule has 1 aliphatic heterocycles. The van der Waals surface area contributed by atoms with E-state index in [4.69, 9.17) is 14.6 Å². The molecule has 2 N–H and O–H groups in total. The highest BCUT2D eigenvalue weighted by atomic mass is 19.3. The van der Waals surface area contributed by atoms with E-state index in [2.05, 4.69) is 17.2 Å². The molecule has 9 heteroatoms. The van der Waals surface area contributed by atoms with Crippen LogP contribution in [0.15, 0.2) is 60.7 Å². The third-order valence-corrected chi connectivity index (χ3v) is 5.71. The molecule has 7 nitrogen and oxygen atoms in total. The number of hydrogen-bond donors (Lipinski definition) is 2. The Hall–Kier alpha value is -3.56. The summed E-state index contributed by atoms with van der Waals surface area (Å²) in [5.74, 6) is 0.848. The van der Waals surface area contributed by atoms with Crippen LogP contribution in [0.3, 0.4) is 0 Å². The van der Waals surface area contributed by atoms with Gasteiger partial charge in [-0.2, -0.15) is 13.9 Å². The molecule has 0 amide bonds. The number of benzene rings is 2. The highest BCUT2D eigenvalue weighted by Gasteiger charge is 2.34. The van der Waals surface area contributed by atoms with Gasteiger partial charge in [0.05, 0.1) is 29.7 Å². The molecule has 34 heavy (non-hydrogen) atoms. The lowest BCUT2D eigenvalue weighted by Gasteiger charge is -2.28. The van der Waals surface area contributed by atoms with E-state index < -0.39 is 18.8 Å². The lowest BCUT2D eigenvalue weighted by atomic mass is 9.96. The predicted molar refractivity (Wildman–Crippen MR) is 122 cm³/mol. The average molecular weight is 466 g/mol. The molecular weight excluding hydrogens is 442 g/mol. The zero-order valence-corrected chi connectivity index (χ0v) is 18.5. The Bertz CT molecular complexity index is 1290. The van der Waals surface area contributed by atoms with Gasteiger partial charge in [0.25, 0.3) is 0 Å². The summed E-state index contributed by atoms with van der Waals surface area (Å²) in [4.78, 5) is 4.58. The molecule has 0 unspecified atom stereocenters. The van der Waals surface area contributed by atoms with Gasteiger partial charge in [0, 0.05) is 17.7 Å². The van der Waals surface area contributed by atoms with Crippen molar-refractivity contribution in [1.29, 1.82) is 0 Å². The number of para-hydroxylation sites is 1. The first kappa shape index (κ1) is 22.2.